The van der Waals surface area contributed by atoms with E-state index in [1.54, 1.807) is 32.1 Å². The molecule has 1 aliphatic rings. The molecule has 0 radical (unpaired) electrons. The molecule has 0 amide bonds. The summed E-state index contributed by atoms with van der Waals surface area (Å²) < 4.78 is 28.4. The quantitative estimate of drug-likeness (QED) is 0.329. The zero-order valence-electron chi connectivity index (χ0n) is 13.5. The lowest BCUT2D eigenvalue weighted by molar-refractivity contribution is -0.121. The van der Waals surface area contributed by atoms with E-state index in [1.807, 2.05) is 6.07 Å². The van der Waals surface area contributed by atoms with Crippen molar-refractivity contribution in [2.24, 2.45) is 0 Å². The summed E-state index contributed by atoms with van der Waals surface area (Å²) in [7, 11) is 1.78. The lowest BCUT2D eigenvalue weighted by atomic mass is 9.93. The fraction of sp³-hybridized carbons (Fsp3) is 0.533. The van der Waals surface area contributed by atoms with Gasteiger partial charge in [-0.15, -0.1) is 0 Å². The third kappa shape index (κ3) is 4.54. The van der Waals surface area contributed by atoms with E-state index in [2.05, 4.69) is 0 Å². The first-order valence-electron chi connectivity index (χ1n) is 7.88. The zero-order chi connectivity index (χ0) is 16.7. The molecule has 0 aromatic heterocycles. The smallest absolute Gasteiger partial charge is 0.338 e. The minimum Gasteiger partial charge on any atom is -0.460 e. The van der Waals surface area contributed by atoms with Crippen LogP contribution < -0.4 is 0 Å². The molecule has 1 heterocycles. The molecule has 0 bridgehead atoms. The Kier molecular flexibility index (Phi) is 5.83. The van der Waals surface area contributed by atoms with E-state index in [0.717, 1.165) is 0 Å². The maximum Gasteiger partial charge on any atom is 0.338 e. The first-order valence-corrected chi connectivity index (χ1v) is 7.17. The molecule has 2 rings (SSSR count). The summed E-state index contributed by atoms with van der Waals surface area (Å²) in [6.07, 6.45) is -1.87. The van der Waals surface area contributed by atoms with Gasteiger partial charge < -0.3 is 24.1 Å². The van der Waals surface area contributed by atoms with Gasteiger partial charge in [0.2, 0.25) is 0 Å². The number of rotatable bonds is 7. The van der Waals surface area contributed by atoms with Gasteiger partial charge in [-0.1, -0.05) is 18.2 Å². The Bertz CT molecular complexity index is 488. The highest BCUT2D eigenvalue weighted by Crippen LogP contribution is 2.21. The predicted octanol–water partition coefficient (Wildman–Crippen LogP) is -0.0585. The van der Waals surface area contributed by atoms with Crippen molar-refractivity contribution in [1.29, 1.82) is 0 Å². The van der Waals surface area contributed by atoms with Crippen molar-refractivity contribution in [3.8, 4) is 0 Å². The highest BCUT2D eigenvalue weighted by atomic mass is 16.7. The van der Waals surface area contributed by atoms with Crippen molar-refractivity contribution in [1.82, 2.24) is 0 Å². The molecule has 0 aliphatic carbocycles. The molecule has 1 unspecified atom stereocenters. The van der Waals surface area contributed by atoms with Crippen LogP contribution in [0.15, 0.2) is 30.3 Å². The molecule has 22 heavy (non-hydrogen) atoms. The Morgan fingerprint density at radius 1 is 1.41 bits per heavy atom. The summed E-state index contributed by atoms with van der Waals surface area (Å²) >= 11 is 0. The molecule has 1 saturated heterocycles. The standard InChI is InChI=1S/C15H21BO6/c1-10-12(17)13(14(16)22-10)21-9-19-7-8-20-15(18)11-5-3-2-4-6-11/h2-6,10,12-14,17H,7-9,16H2,1H3/t10-,12+,13?,14-/m1/s1/i1D. The van der Waals surface area contributed by atoms with Gasteiger partial charge in [-0.05, 0) is 19.0 Å². The van der Waals surface area contributed by atoms with Crippen LogP contribution in [0.5, 0.6) is 0 Å². The molecule has 7 heteroatoms. The Labute approximate surface area is 132 Å². The van der Waals surface area contributed by atoms with Gasteiger partial charge in [-0.25, -0.2) is 4.79 Å². The van der Waals surface area contributed by atoms with Crippen molar-refractivity contribution in [2.45, 2.75) is 31.2 Å². The van der Waals surface area contributed by atoms with Gasteiger partial charge in [0.25, 0.3) is 0 Å². The molecule has 4 atom stereocenters. The topological polar surface area (TPSA) is 74.2 Å². The van der Waals surface area contributed by atoms with Gasteiger partial charge in [-0.2, -0.15) is 0 Å². The van der Waals surface area contributed by atoms with Crippen LogP contribution in [0, 0.1) is 0 Å². The van der Waals surface area contributed by atoms with Crippen LogP contribution >= 0.6 is 0 Å². The second-order valence-electron chi connectivity index (χ2n) is 5.03. The van der Waals surface area contributed by atoms with Crippen LogP contribution in [0.25, 0.3) is 0 Å². The van der Waals surface area contributed by atoms with E-state index in [0.29, 0.717) is 5.56 Å². The van der Waals surface area contributed by atoms with E-state index in [4.69, 9.17) is 20.3 Å². The Morgan fingerprint density at radius 3 is 2.86 bits per heavy atom. The molecule has 0 spiro atoms. The van der Waals surface area contributed by atoms with Gasteiger partial charge in [0.1, 0.15) is 33.5 Å². The maximum atomic E-state index is 11.7. The van der Waals surface area contributed by atoms with Gasteiger partial charge in [0, 0.05) is 1.37 Å². The number of hydrogen-bond acceptors (Lipinski definition) is 6. The molecule has 1 aromatic carbocycles. The van der Waals surface area contributed by atoms with E-state index in [9.17, 15) is 9.90 Å². The highest BCUT2D eigenvalue weighted by Gasteiger charge is 2.39. The number of aliphatic hydroxyl groups excluding tert-OH is 1. The fourth-order valence-electron chi connectivity index (χ4n) is 2.19. The van der Waals surface area contributed by atoms with Crippen LogP contribution in [0.4, 0.5) is 0 Å². The SMILES string of the molecule is [2H]C[C@H]1O[C@@H](B)C(OCOCCOC(=O)c2ccccc2)[C@H]1O. The number of carbonyl (C=O) groups is 1. The van der Waals surface area contributed by atoms with E-state index in [-0.39, 0.29) is 32.9 Å². The molecule has 1 N–H and O–H groups in total. The molecule has 6 nitrogen and oxygen atoms in total. The van der Waals surface area contributed by atoms with Crippen LogP contribution in [-0.2, 0) is 18.9 Å². The molecular weight excluding hydrogens is 287 g/mol. The zero-order valence-corrected chi connectivity index (χ0v) is 12.5. The van der Waals surface area contributed by atoms with Crippen LogP contribution in [-0.4, -0.2) is 63.2 Å². The average molecular weight is 309 g/mol. The van der Waals surface area contributed by atoms with Crippen LogP contribution in [0.1, 0.15) is 18.6 Å². The van der Waals surface area contributed by atoms with E-state index < -0.39 is 24.3 Å². The number of carbonyl (C=O) groups excluding carboxylic acids is 1. The van der Waals surface area contributed by atoms with Crippen molar-refractivity contribution < 1.29 is 30.2 Å². The summed E-state index contributed by atoms with van der Waals surface area (Å²) in [5, 5.41) is 9.93. The number of ether oxygens (including phenoxy) is 4. The molecule has 0 saturated carbocycles. The summed E-state index contributed by atoms with van der Waals surface area (Å²) in [5.74, 6) is -0.401. The second kappa shape index (κ2) is 8.29. The minimum absolute atomic E-state index is 0.0122. The molecule has 1 fully saturated rings. The van der Waals surface area contributed by atoms with E-state index in [1.165, 1.54) is 0 Å². The maximum absolute atomic E-state index is 11.7. The molecule has 120 valence electrons. The summed E-state index contributed by atoms with van der Waals surface area (Å²) in [4.78, 5) is 11.7. The minimum atomic E-state index is -0.831. The van der Waals surface area contributed by atoms with Crippen LogP contribution in [0.2, 0.25) is 0 Å². The number of benzene rings is 1. The first kappa shape index (κ1) is 15.5. The Balaban J connectivity index is 1.59. The lowest BCUT2D eigenvalue weighted by Gasteiger charge is -2.18. The molecule has 1 aliphatic heterocycles. The number of esters is 1. The van der Waals surface area contributed by atoms with Gasteiger partial charge >= 0.3 is 5.97 Å². The predicted molar refractivity (Wildman–Crippen MR) is 81.3 cm³/mol. The molecule has 1 aromatic rings. The van der Waals surface area contributed by atoms with Crippen molar-refractivity contribution in [2.75, 3.05) is 20.0 Å². The largest absolute Gasteiger partial charge is 0.460 e. The first-order chi connectivity index (χ1) is 11.1. The van der Waals surface area contributed by atoms with Gasteiger partial charge in [-0.3, -0.25) is 0 Å². The highest BCUT2D eigenvalue weighted by molar-refractivity contribution is 6.11. The Morgan fingerprint density at radius 2 is 2.18 bits per heavy atom. The monoisotopic (exact) mass is 309 g/mol. The van der Waals surface area contributed by atoms with Crippen molar-refractivity contribution in [3.05, 3.63) is 35.9 Å². The third-order valence-electron chi connectivity index (χ3n) is 3.38. The van der Waals surface area contributed by atoms with E-state index >= 15 is 0 Å². The fourth-order valence-corrected chi connectivity index (χ4v) is 2.19. The summed E-state index contributed by atoms with van der Waals surface area (Å²) in [6.45, 7) is 0.259. The summed E-state index contributed by atoms with van der Waals surface area (Å²) in [5.41, 5.74) is 0.491. The Hall–Kier alpha value is -1.41. The number of hydrogen-bond donors (Lipinski definition) is 1. The van der Waals surface area contributed by atoms with Crippen molar-refractivity contribution in [3.63, 3.8) is 0 Å². The lowest BCUT2D eigenvalue weighted by Crippen LogP contribution is -2.35. The second-order valence-corrected chi connectivity index (χ2v) is 5.03. The van der Waals surface area contributed by atoms with Gasteiger partial charge in [0.05, 0.1) is 24.3 Å². The number of aliphatic hydroxyl groups is 1. The van der Waals surface area contributed by atoms with Crippen molar-refractivity contribution >= 4 is 13.8 Å². The third-order valence-corrected chi connectivity index (χ3v) is 3.38. The normalized spacial score (nSPS) is 28.3. The summed E-state index contributed by atoms with van der Waals surface area (Å²) in [6, 6.07) is 8.42. The molecular formula is C15H21BO6. The van der Waals surface area contributed by atoms with Crippen LogP contribution in [0.3, 0.4) is 0 Å². The average Bonchev–Trinajstić information content (AvgIpc) is 2.85. The van der Waals surface area contributed by atoms with Gasteiger partial charge in [0.15, 0.2) is 0 Å².